The Morgan fingerprint density at radius 3 is 3.00 bits per heavy atom. The second-order valence-corrected chi connectivity index (χ2v) is 4.12. The zero-order valence-corrected chi connectivity index (χ0v) is 8.89. The molecule has 0 saturated heterocycles. The van der Waals surface area contributed by atoms with Crippen LogP contribution in [0.5, 0.6) is 0 Å². The zero-order chi connectivity index (χ0) is 10.7. The van der Waals surface area contributed by atoms with Gasteiger partial charge in [-0.1, -0.05) is 18.2 Å². The summed E-state index contributed by atoms with van der Waals surface area (Å²) < 4.78 is 0. The number of aryl methyl sites for hydroxylation is 1. The normalized spacial score (nSPS) is 17.3. The van der Waals surface area contributed by atoms with Crippen molar-refractivity contribution in [2.75, 3.05) is 24.6 Å². The molecular formula is C12H18N2O. The van der Waals surface area contributed by atoms with E-state index in [4.69, 9.17) is 10.8 Å². The molecule has 1 atom stereocenters. The van der Waals surface area contributed by atoms with Crippen molar-refractivity contribution >= 4 is 5.69 Å². The largest absolute Gasteiger partial charge is 0.395 e. The third kappa shape index (κ3) is 2.30. The molecule has 1 heterocycles. The summed E-state index contributed by atoms with van der Waals surface area (Å²) in [6, 6.07) is 8.30. The maximum absolute atomic E-state index is 8.96. The highest BCUT2D eigenvalue weighted by Crippen LogP contribution is 2.26. The lowest BCUT2D eigenvalue weighted by atomic mass is 10.0. The highest BCUT2D eigenvalue weighted by molar-refractivity contribution is 5.55. The van der Waals surface area contributed by atoms with Gasteiger partial charge in [0, 0.05) is 24.8 Å². The molecule has 15 heavy (non-hydrogen) atoms. The van der Waals surface area contributed by atoms with E-state index in [9.17, 15) is 0 Å². The molecule has 1 aromatic rings. The molecule has 1 aromatic carbocycles. The first-order chi connectivity index (χ1) is 7.31. The molecular weight excluding hydrogens is 188 g/mol. The van der Waals surface area contributed by atoms with Crippen LogP contribution in [0.2, 0.25) is 0 Å². The van der Waals surface area contributed by atoms with Crippen molar-refractivity contribution in [2.45, 2.75) is 18.9 Å². The van der Waals surface area contributed by atoms with Crippen molar-refractivity contribution < 1.29 is 5.11 Å². The highest BCUT2D eigenvalue weighted by atomic mass is 16.3. The lowest BCUT2D eigenvalue weighted by molar-refractivity contribution is 0.266. The topological polar surface area (TPSA) is 49.5 Å². The second kappa shape index (κ2) is 4.64. The minimum absolute atomic E-state index is 0.0542. The maximum Gasteiger partial charge on any atom is 0.0599 e. The Balaban J connectivity index is 2.15. The Hall–Kier alpha value is -1.06. The van der Waals surface area contributed by atoms with Crippen LogP contribution in [0.25, 0.3) is 0 Å². The summed E-state index contributed by atoms with van der Waals surface area (Å²) in [5, 5.41) is 8.96. The van der Waals surface area contributed by atoms with Gasteiger partial charge < -0.3 is 15.7 Å². The van der Waals surface area contributed by atoms with Crippen LogP contribution in [-0.4, -0.2) is 30.8 Å². The van der Waals surface area contributed by atoms with Crippen molar-refractivity contribution in [3.05, 3.63) is 29.8 Å². The van der Waals surface area contributed by atoms with Crippen molar-refractivity contribution in [1.29, 1.82) is 0 Å². The molecule has 2 rings (SSSR count). The Bertz CT molecular complexity index is 327. The number of aliphatic hydroxyl groups excluding tert-OH is 1. The standard InChI is InChI=1S/C12H18N2O/c13-11(9-15)8-14-7-3-5-10-4-1-2-6-12(10)14/h1-2,4,6,11,15H,3,5,7-9,13H2. The van der Waals surface area contributed by atoms with E-state index in [0.717, 1.165) is 19.5 Å². The van der Waals surface area contributed by atoms with Gasteiger partial charge in [-0.15, -0.1) is 0 Å². The maximum atomic E-state index is 8.96. The quantitative estimate of drug-likeness (QED) is 0.767. The van der Waals surface area contributed by atoms with Gasteiger partial charge in [0.05, 0.1) is 6.61 Å². The van der Waals surface area contributed by atoms with Gasteiger partial charge in [0.1, 0.15) is 0 Å². The van der Waals surface area contributed by atoms with Crippen molar-refractivity contribution in [2.24, 2.45) is 5.73 Å². The molecule has 0 aromatic heterocycles. The van der Waals surface area contributed by atoms with Gasteiger partial charge in [-0.05, 0) is 24.5 Å². The van der Waals surface area contributed by atoms with E-state index in [2.05, 4.69) is 29.2 Å². The number of nitrogens with two attached hydrogens (primary N) is 1. The molecule has 3 N–H and O–H groups in total. The Kier molecular flexibility index (Phi) is 3.23. The van der Waals surface area contributed by atoms with E-state index in [1.165, 1.54) is 17.7 Å². The molecule has 0 saturated carbocycles. The van der Waals surface area contributed by atoms with Crippen molar-refractivity contribution in [3.8, 4) is 0 Å². The summed E-state index contributed by atoms with van der Waals surface area (Å²) in [7, 11) is 0. The van der Waals surface area contributed by atoms with E-state index in [1.807, 2.05) is 0 Å². The van der Waals surface area contributed by atoms with Gasteiger partial charge >= 0.3 is 0 Å². The third-order valence-corrected chi connectivity index (χ3v) is 2.90. The van der Waals surface area contributed by atoms with E-state index < -0.39 is 0 Å². The fraction of sp³-hybridized carbons (Fsp3) is 0.500. The number of anilines is 1. The van der Waals surface area contributed by atoms with E-state index in [0.29, 0.717) is 0 Å². The highest BCUT2D eigenvalue weighted by Gasteiger charge is 2.17. The summed E-state index contributed by atoms with van der Waals surface area (Å²) in [6.07, 6.45) is 2.33. The summed E-state index contributed by atoms with van der Waals surface area (Å²) >= 11 is 0. The van der Waals surface area contributed by atoms with Crippen LogP contribution in [0.15, 0.2) is 24.3 Å². The Morgan fingerprint density at radius 2 is 2.20 bits per heavy atom. The summed E-state index contributed by atoms with van der Waals surface area (Å²) in [5.41, 5.74) is 8.45. The minimum atomic E-state index is -0.142. The van der Waals surface area contributed by atoms with Crippen LogP contribution < -0.4 is 10.6 Å². The number of nitrogens with zero attached hydrogens (tertiary/aromatic N) is 1. The molecule has 0 spiro atoms. The monoisotopic (exact) mass is 206 g/mol. The Labute approximate surface area is 90.5 Å². The fourth-order valence-corrected chi connectivity index (χ4v) is 2.14. The fourth-order valence-electron chi connectivity index (χ4n) is 2.14. The van der Waals surface area contributed by atoms with E-state index in [-0.39, 0.29) is 12.6 Å². The van der Waals surface area contributed by atoms with Gasteiger partial charge in [0.2, 0.25) is 0 Å². The number of para-hydroxylation sites is 1. The Morgan fingerprint density at radius 1 is 1.40 bits per heavy atom. The summed E-state index contributed by atoms with van der Waals surface area (Å²) in [5.74, 6) is 0. The molecule has 0 radical (unpaired) electrons. The van der Waals surface area contributed by atoms with Crippen molar-refractivity contribution in [1.82, 2.24) is 0 Å². The average molecular weight is 206 g/mol. The first-order valence-corrected chi connectivity index (χ1v) is 5.50. The first-order valence-electron chi connectivity index (χ1n) is 5.50. The number of aliphatic hydroxyl groups is 1. The third-order valence-electron chi connectivity index (χ3n) is 2.90. The van der Waals surface area contributed by atoms with Crippen LogP contribution in [0, 0.1) is 0 Å². The molecule has 0 aliphatic carbocycles. The van der Waals surface area contributed by atoms with Gasteiger partial charge in [0.15, 0.2) is 0 Å². The number of rotatable bonds is 3. The van der Waals surface area contributed by atoms with E-state index in [1.54, 1.807) is 0 Å². The predicted octanol–water partition coefficient (Wildman–Crippen LogP) is 0.759. The van der Waals surface area contributed by atoms with Crippen molar-refractivity contribution in [3.63, 3.8) is 0 Å². The molecule has 0 bridgehead atoms. The minimum Gasteiger partial charge on any atom is -0.395 e. The van der Waals surface area contributed by atoms with Crippen LogP contribution in [0.1, 0.15) is 12.0 Å². The van der Waals surface area contributed by atoms with E-state index >= 15 is 0 Å². The summed E-state index contributed by atoms with van der Waals surface area (Å²) in [6.45, 7) is 1.84. The lowest BCUT2D eigenvalue weighted by Gasteiger charge is -2.32. The number of fused-ring (bicyclic) bond motifs is 1. The van der Waals surface area contributed by atoms with Crippen LogP contribution >= 0.6 is 0 Å². The number of hydrogen-bond acceptors (Lipinski definition) is 3. The summed E-state index contributed by atoms with van der Waals surface area (Å²) in [4.78, 5) is 2.28. The average Bonchev–Trinajstić information content (AvgIpc) is 2.29. The van der Waals surface area contributed by atoms with Crippen LogP contribution in [-0.2, 0) is 6.42 Å². The molecule has 1 aliphatic rings. The van der Waals surface area contributed by atoms with Gasteiger partial charge in [-0.2, -0.15) is 0 Å². The number of benzene rings is 1. The molecule has 0 fully saturated rings. The van der Waals surface area contributed by atoms with Gasteiger partial charge in [0.25, 0.3) is 0 Å². The second-order valence-electron chi connectivity index (χ2n) is 4.12. The molecule has 3 heteroatoms. The van der Waals surface area contributed by atoms with Gasteiger partial charge in [-0.25, -0.2) is 0 Å². The first kappa shape index (κ1) is 10.5. The molecule has 1 unspecified atom stereocenters. The zero-order valence-electron chi connectivity index (χ0n) is 8.89. The van der Waals surface area contributed by atoms with Crippen LogP contribution in [0.4, 0.5) is 5.69 Å². The molecule has 0 amide bonds. The molecule has 3 nitrogen and oxygen atoms in total. The lowest BCUT2D eigenvalue weighted by Crippen LogP contribution is -2.42. The number of hydrogen-bond donors (Lipinski definition) is 2. The van der Waals surface area contributed by atoms with Crippen LogP contribution in [0.3, 0.4) is 0 Å². The molecule has 1 aliphatic heterocycles. The van der Waals surface area contributed by atoms with Gasteiger partial charge in [-0.3, -0.25) is 0 Å². The smallest absolute Gasteiger partial charge is 0.0599 e. The predicted molar refractivity (Wildman–Crippen MR) is 62.0 cm³/mol. The SMILES string of the molecule is NC(CO)CN1CCCc2ccccc21. The molecule has 82 valence electrons.